The molecule has 8 heteroatoms. The number of unbranched alkanes of at least 4 members (excludes halogenated alkanes) is 26. The third-order valence-corrected chi connectivity index (χ3v) is 10.8. The normalized spacial score (nSPS) is 11.9. The van der Waals surface area contributed by atoms with E-state index in [1.807, 2.05) is 0 Å². The zero-order valence-electron chi connectivity index (χ0n) is 34.5. The molecule has 0 aliphatic rings. The summed E-state index contributed by atoms with van der Waals surface area (Å²) < 4.78 is 43.9. The van der Waals surface area contributed by atoms with Gasteiger partial charge in [-0.1, -0.05) is 179 Å². The molecule has 1 rings (SSSR count). The first-order valence-electron chi connectivity index (χ1n) is 22.1. The SMILES string of the molecule is CCC/C=C/CCCCCCCCCCCCCCOC(=O)c1ccc(S(=O)(=O)O)cc1C(=O)OCCCCCCCCCCCCCC/C=C/CCC. The van der Waals surface area contributed by atoms with Crippen LogP contribution in [0, 0.1) is 0 Å². The van der Waals surface area contributed by atoms with Crippen molar-refractivity contribution in [1.29, 1.82) is 0 Å². The lowest BCUT2D eigenvalue weighted by atomic mass is 10.0. The van der Waals surface area contributed by atoms with Gasteiger partial charge in [-0.3, -0.25) is 4.55 Å². The fourth-order valence-corrected chi connectivity index (χ4v) is 7.09. The van der Waals surface area contributed by atoms with Gasteiger partial charge in [-0.25, -0.2) is 9.59 Å². The Morgan fingerprint density at radius 2 is 0.796 bits per heavy atom. The number of benzene rings is 1. The maximum absolute atomic E-state index is 13.0. The Bertz CT molecular complexity index is 1240. The molecule has 0 radical (unpaired) electrons. The lowest BCUT2D eigenvalue weighted by Crippen LogP contribution is -2.16. The highest BCUT2D eigenvalue weighted by Gasteiger charge is 2.23. The fourth-order valence-electron chi connectivity index (χ4n) is 6.58. The predicted octanol–water partition coefficient (Wildman–Crippen LogP) is 14.1. The molecular weight excluding hydrogens is 697 g/mol. The van der Waals surface area contributed by atoms with Gasteiger partial charge in [0.15, 0.2) is 0 Å². The van der Waals surface area contributed by atoms with Gasteiger partial charge in [-0.05, 0) is 69.6 Å². The van der Waals surface area contributed by atoms with E-state index in [0.717, 1.165) is 50.7 Å². The number of esters is 2. The molecule has 0 unspecified atom stereocenters. The highest BCUT2D eigenvalue weighted by Crippen LogP contribution is 2.20. The van der Waals surface area contributed by atoms with Crippen LogP contribution in [0.25, 0.3) is 0 Å². The highest BCUT2D eigenvalue weighted by molar-refractivity contribution is 7.85. The number of rotatable bonds is 37. The highest BCUT2D eigenvalue weighted by atomic mass is 32.2. The van der Waals surface area contributed by atoms with E-state index in [4.69, 9.17) is 9.47 Å². The second-order valence-electron chi connectivity index (χ2n) is 15.0. The predicted molar refractivity (Wildman–Crippen MR) is 225 cm³/mol. The van der Waals surface area contributed by atoms with E-state index in [9.17, 15) is 22.6 Å². The molecule has 0 spiro atoms. The van der Waals surface area contributed by atoms with Crippen molar-refractivity contribution < 1.29 is 32.0 Å². The van der Waals surface area contributed by atoms with Gasteiger partial charge in [0.2, 0.25) is 0 Å². The van der Waals surface area contributed by atoms with Crippen LogP contribution in [0.3, 0.4) is 0 Å². The Labute approximate surface area is 331 Å². The first-order chi connectivity index (χ1) is 26.3. The van der Waals surface area contributed by atoms with Crippen LogP contribution in [0.1, 0.15) is 227 Å². The Morgan fingerprint density at radius 1 is 0.481 bits per heavy atom. The third kappa shape index (κ3) is 28.0. The van der Waals surface area contributed by atoms with Gasteiger partial charge in [-0.2, -0.15) is 8.42 Å². The molecule has 0 aliphatic carbocycles. The van der Waals surface area contributed by atoms with E-state index in [-0.39, 0.29) is 24.3 Å². The van der Waals surface area contributed by atoms with Gasteiger partial charge in [0.05, 0.1) is 29.2 Å². The molecule has 0 aliphatic heterocycles. The number of ether oxygens (including phenoxy) is 2. The minimum atomic E-state index is -4.57. The van der Waals surface area contributed by atoms with Crippen molar-refractivity contribution in [2.75, 3.05) is 13.2 Å². The van der Waals surface area contributed by atoms with E-state index in [1.54, 1.807) is 0 Å². The van der Waals surface area contributed by atoms with Gasteiger partial charge in [0, 0.05) is 0 Å². The van der Waals surface area contributed by atoms with Gasteiger partial charge in [-0.15, -0.1) is 0 Å². The largest absolute Gasteiger partial charge is 0.462 e. The monoisotopic (exact) mass is 775 g/mol. The summed E-state index contributed by atoms with van der Waals surface area (Å²) in [5.74, 6) is -1.50. The molecule has 0 fully saturated rings. The summed E-state index contributed by atoms with van der Waals surface area (Å²) in [7, 11) is -4.57. The molecule has 0 bridgehead atoms. The zero-order chi connectivity index (χ0) is 39.4. The van der Waals surface area contributed by atoms with Gasteiger partial charge in [0.1, 0.15) is 0 Å². The minimum absolute atomic E-state index is 0.0595. The molecule has 1 N–H and O–H groups in total. The van der Waals surface area contributed by atoms with Crippen LogP contribution in [-0.4, -0.2) is 38.1 Å². The van der Waals surface area contributed by atoms with E-state index in [1.165, 1.54) is 154 Å². The number of hydrogen-bond acceptors (Lipinski definition) is 6. The maximum atomic E-state index is 13.0. The lowest BCUT2D eigenvalue weighted by Gasteiger charge is -2.11. The summed E-state index contributed by atoms with van der Waals surface area (Å²) >= 11 is 0. The van der Waals surface area contributed by atoms with Crippen molar-refractivity contribution in [3.05, 3.63) is 53.6 Å². The van der Waals surface area contributed by atoms with Crippen molar-refractivity contribution in [3.8, 4) is 0 Å². The second-order valence-corrected chi connectivity index (χ2v) is 16.5. The van der Waals surface area contributed by atoms with Crippen molar-refractivity contribution in [1.82, 2.24) is 0 Å². The summed E-state index contributed by atoms with van der Waals surface area (Å²) in [6.45, 7) is 4.82. The Hall–Kier alpha value is -2.45. The fraction of sp³-hybridized carbons (Fsp3) is 0.739. The molecule has 1 aromatic rings. The van der Waals surface area contributed by atoms with E-state index >= 15 is 0 Å². The average Bonchev–Trinajstić information content (AvgIpc) is 3.16. The Morgan fingerprint density at radius 3 is 1.15 bits per heavy atom. The van der Waals surface area contributed by atoms with Crippen molar-refractivity contribution in [2.45, 2.75) is 211 Å². The molecule has 0 heterocycles. The molecule has 0 saturated carbocycles. The van der Waals surface area contributed by atoms with Crippen LogP contribution < -0.4 is 0 Å². The van der Waals surface area contributed by atoms with Crippen molar-refractivity contribution >= 4 is 22.1 Å². The summed E-state index contributed by atoms with van der Waals surface area (Å²) in [6.07, 6.45) is 45.1. The quantitative estimate of drug-likeness (QED) is 0.0310. The van der Waals surface area contributed by atoms with Crippen molar-refractivity contribution in [3.63, 3.8) is 0 Å². The van der Waals surface area contributed by atoms with Crippen LogP contribution in [0.2, 0.25) is 0 Å². The first kappa shape index (κ1) is 49.6. The average molecular weight is 775 g/mol. The van der Waals surface area contributed by atoms with E-state index in [2.05, 4.69) is 38.2 Å². The number of carbonyl (C=O) groups is 2. The molecule has 54 heavy (non-hydrogen) atoms. The number of carbonyl (C=O) groups excluding carboxylic acids is 2. The van der Waals surface area contributed by atoms with E-state index in [0.29, 0.717) is 6.42 Å². The Balaban J connectivity index is 2.20. The van der Waals surface area contributed by atoms with E-state index < -0.39 is 27.0 Å². The molecular formula is C46H78O7S. The topological polar surface area (TPSA) is 107 Å². The van der Waals surface area contributed by atoms with Crippen LogP contribution in [0.4, 0.5) is 0 Å². The van der Waals surface area contributed by atoms with Gasteiger partial charge in [0.25, 0.3) is 10.1 Å². The molecule has 7 nitrogen and oxygen atoms in total. The maximum Gasteiger partial charge on any atom is 0.339 e. The van der Waals surface area contributed by atoms with Crippen LogP contribution in [0.5, 0.6) is 0 Å². The third-order valence-electron chi connectivity index (χ3n) is 9.97. The van der Waals surface area contributed by atoms with Crippen LogP contribution >= 0.6 is 0 Å². The Kier molecular flexibility index (Phi) is 32.1. The summed E-state index contributed by atoms with van der Waals surface area (Å²) in [4.78, 5) is 25.4. The number of allylic oxidation sites excluding steroid dienone is 4. The standard InChI is InChI=1S/C46H78O7S/c1-3-5-7-9-11-13-15-17-19-21-23-25-27-29-31-33-35-39-52-45(47)43-38-37-42(54(49,50)51)41-44(43)46(48)53-40-36-34-32-30-28-26-24-22-20-18-16-14-12-10-8-6-4-2/h7-10,37-38,41H,3-6,11-36,39-40H2,1-2H3,(H,49,50,51)/b9-7+,10-8+. The molecule has 0 saturated heterocycles. The van der Waals surface area contributed by atoms with Gasteiger partial charge >= 0.3 is 11.9 Å². The lowest BCUT2D eigenvalue weighted by molar-refractivity contribution is 0.0450. The minimum Gasteiger partial charge on any atom is -0.462 e. The molecule has 0 amide bonds. The molecule has 1 aromatic carbocycles. The molecule has 0 atom stereocenters. The van der Waals surface area contributed by atoms with Gasteiger partial charge < -0.3 is 9.47 Å². The molecule has 0 aromatic heterocycles. The second kappa shape index (κ2) is 35.0. The summed E-state index contributed by atoms with van der Waals surface area (Å²) in [5, 5.41) is 0. The van der Waals surface area contributed by atoms with Crippen molar-refractivity contribution in [2.24, 2.45) is 0 Å². The molecule has 310 valence electrons. The van der Waals surface area contributed by atoms with Crippen LogP contribution in [-0.2, 0) is 19.6 Å². The zero-order valence-corrected chi connectivity index (χ0v) is 35.3. The first-order valence-corrected chi connectivity index (χ1v) is 23.5. The van der Waals surface area contributed by atoms with Crippen LogP contribution in [0.15, 0.2) is 47.4 Å². The smallest absolute Gasteiger partial charge is 0.339 e. The number of hydrogen-bond donors (Lipinski definition) is 1. The summed E-state index contributed by atoms with van der Waals surface area (Å²) in [6, 6.07) is 3.30. The summed E-state index contributed by atoms with van der Waals surface area (Å²) in [5.41, 5.74) is -0.269.